The van der Waals surface area contributed by atoms with Gasteiger partial charge in [0.25, 0.3) is 0 Å². The van der Waals surface area contributed by atoms with Crippen molar-refractivity contribution >= 4 is 16.7 Å². The van der Waals surface area contributed by atoms with E-state index >= 15 is 0 Å². The third kappa shape index (κ3) is 2.05. The van der Waals surface area contributed by atoms with Gasteiger partial charge < -0.3 is 10.7 Å². The number of imidazole rings is 1. The number of anilines is 1. The smallest absolute Gasteiger partial charge is 0.125 e. The average molecular weight is 241 g/mol. The van der Waals surface area contributed by atoms with E-state index in [0.717, 1.165) is 22.6 Å². The molecule has 0 saturated heterocycles. The molecule has 0 unspecified atom stereocenters. The molecule has 0 bridgehead atoms. The first-order chi connectivity index (χ1) is 8.70. The van der Waals surface area contributed by atoms with E-state index in [-0.39, 0.29) is 5.82 Å². The van der Waals surface area contributed by atoms with Gasteiger partial charge in [-0.25, -0.2) is 9.37 Å². The van der Waals surface area contributed by atoms with Crippen LogP contribution in [0.5, 0.6) is 0 Å². The van der Waals surface area contributed by atoms with Crippen LogP contribution in [0, 0.1) is 5.82 Å². The maximum absolute atomic E-state index is 13.1. The van der Waals surface area contributed by atoms with E-state index < -0.39 is 0 Å². The minimum Gasteiger partial charge on any atom is -0.399 e. The van der Waals surface area contributed by atoms with Gasteiger partial charge in [0.05, 0.1) is 11.0 Å². The second-order valence-corrected chi connectivity index (χ2v) is 4.27. The van der Waals surface area contributed by atoms with Crippen LogP contribution in [0.4, 0.5) is 10.1 Å². The summed E-state index contributed by atoms with van der Waals surface area (Å²) in [6.07, 6.45) is 0.654. The number of nitrogens with zero attached hydrogens (tertiary/aromatic N) is 1. The number of nitrogens with one attached hydrogen (secondary N) is 1. The summed E-state index contributed by atoms with van der Waals surface area (Å²) in [5.74, 6) is 0.544. The molecule has 3 nitrogen and oxygen atoms in total. The minimum atomic E-state index is -0.262. The third-order valence-electron chi connectivity index (χ3n) is 2.82. The number of aromatic nitrogens is 2. The standard InChI is InChI=1S/C14H12FN3/c15-10-4-5-12-13(8-10)18-14(17-12)7-9-2-1-3-11(16)6-9/h1-6,8H,7,16H2,(H,17,18). The molecule has 0 aliphatic heterocycles. The maximum Gasteiger partial charge on any atom is 0.125 e. The highest BCUT2D eigenvalue weighted by Crippen LogP contribution is 2.16. The van der Waals surface area contributed by atoms with Gasteiger partial charge in [0, 0.05) is 12.1 Å². The number of nitrogen functional groups attached to an aromatic ring is 1. The van der Waals surface area contributed by atoms with Crippen LogP contribution in [0.25, 0.3) is 11.0 Å². The molecule has 3 rings (SSSR count). The molecule has 0 radical (unpaired) electrons. The summed E-state index contributed by atoms with van der Waals surface area (Å²) >= 11 is 0. The highest BCUT2D eigenvalue weighted by Gasteiger charge is 2.04. The lowest BCUT2D eigenvalue weighted by Crippen LogP contribution is -1.92. The Morgan fingerprint density at radius 2 is 2.06 bits per heavy atom. The zero-order valence-corrected chi connectivity index (χ0v) is 9.65. The lowest BCUT2D eigenvalue weighted by molar-refractivity contribution is 0.629. The molecule has 3 aromatic rings. The highest BCUT2D eigenvalue weighted by atomic mass is 19.1. The Balaban J connectivity index is 1.95. The highest BCUT2D eigenvalue weighted by molar-refractivity contribution is 5.75. The van der Waals surface area contributed by atoms with E-state index in [1.165, 1.54) is 12.1 Å². The Bertz CT molecular complexity index is 703. The van der Waals surface area contributed by atoms with E-state index in [1.54, 1.807) is 6.07 Å². The minimum absolute atomic E-state index is 0.262. The number of benzene rings is 2. The summed E-state index contributed by atoms with van der Waals surface area (Å²) in [5.41, 5.74) is 9.03. The molecule has 1 aromatic heterocycles. The molecule has 0 aliphatic rings. The molecule has 4 heteroatoms. The van der Waals surface area contributed by atoms with Gasteiger partial charge in [-0.15, -0.1) is 0 Å². The van der Waals surface area contributed by atoms with Gasteiger partial charge in [-0.3, -0.25) is 0 Å². The first-order valence-electron chi connectivity index (χ1n) is 5.69. The quantitative estimate of drug-likeness (QED) is 0.678. The summed E-state index contributed by atoms with van der Waals surface area (Å²) < 4.78 is 13.1. The van der Waals surface area contributed by atoms with Crippen molar-refractivity contribution in [2.45, 2.75) is 6.42 Å². The fourth-order valence-corrected chi connectivity index (χ4v) is 2.01. The van der Waals surface area contributed by atoms with Gasteiger partial charge in [0.1, 0.15) is 11.6 Å². The van der Waals surface area contributed by atoms with Crippen LogP contribution in [0.15, 0.2) is 42.5 Å². The zero-order chi connectivity index (χ0) is 12.5. The van der Waals surface area contributed by atoms with E-state index in [9.17, 15) is 4.39 Å². The summed E-state index contributed by atoms with van der Waals surface area (Å²) in [5, 5.41) is 0. The van der Waals surface area contributed by atoms with Crippen molar-refractivity contribution in [1.82, 2.24) is 9.97 Å². The number of nitrogens with two attached hydrogens (primary N) is 1. The monoisotopic (exact) mass is 241 g/mol. The van der Waals surface area contributed by atoms with Crippen molar-refractivity contribution in [3.05, 3.63) is 59.7 Å². The van der Waals surface area contributed by atoms with Crippen molar-refractivity contribution in [3.63, 3.8) is 0 Å². The van der Waals surface area contributed by atoms with Crippen LogP contribution < -0.4 is 5.73 Å². The van der Waals surface area contributed by atoms with Gasteiger partial charge in [0.2, 0.25) is 0 Å². The summed E-state index contributed by atoms with van der Waals surface area (Å²) in [7, 11) is 0. The average Bonchev–Trinajstić information content (AvgIpc) is 2.70. The number of fused-ring (bicyclic) bond motifs is 1. The van der Waals surface area contributed by atoms with Gasteiger partial charge >= 0.3 is 0 Å². The summed E-state index contributed by atoms with van der Waals surface area (Å²) in [6, 6.07) is 12.2. The van der Waals surface area contributed by atoms with Crippen LogP contribution in [-0.4, -0.2) is 9.97 Å². The van der Waals surface area contributed by atoms with E-state index in [2.05, 4.69) is 9.97 Å². The van der Waals surface area contributed by atoms with Crippen molar-refractivity contribution in [3.8, 4) is 0 Å². The molecule has 0 amide bonds. The van der Waals surface area contributed by atoms with Gasteiger partial charge in [-0.2, -0.15) is 0 Å². The van der Waals surface area contributed by atoms with E-state index in [4.69, 9.17) is 5.73 Å². The lowest BCUT2D eigenvalue weighted by Gasteiger charge is -1.99. The van der Waals surface area contributed by atoms with Crippen LogP contribution in [0.3, 0.4) is 0 Å². The molecule has 1 heterocycles. The summed E-state index contributed by atoms with van der Waals surface area (Å²) in [6.45, 7) is 0. The number of rotatable bonds is 2. The van der Waals surface area contributed by atoms with Crippen LogP contribution in [0.1, 0.15) is 11.4 Å². The topological polar surface area (TPSA) is 54.7 Å². The van der Waals surface area contributed by atoms with E-state index in [1.807, 2.05) is 24.3 Å². The Morgan fingerprint density at radius 1 is 1.17 bits per heavy atom. The third-order valence-corrected chi connectivity index (χ3v) is 2.82. The van der Waals surface area contributed by atoms with Crippen LogP contribution in [0.2, 0.25) is 0 Å². The number of H-pyrrole nitrogens is 1. The van der Waals surface area contributed by atoms with Crippen molar-refractivity contribution in [1.29, 1.82) is 0 Å². The van der Waals surface area contributed by atoms with Gasteiger partial charge in [-0.05, 0) is 35.9 Å². The zero-order valence-electron chi connectivity index (χ0n) is 9.65. The largest absolute Gasteiger partial charge is 0.399 e. The molecule has 3 N–H and O–H groups in total. The Morgan fingerprint density at radius 3 is 2.89 bits per heavy atom. The second-order valence-electron chi connectivity index (χ2n) is 4.27. The molecular weight excluding hydrogens is 229 g/mol. The maximum atomic E-state index is 13.1. The normalized spacial score (nSPS) is 10.9. The van der Waals surface area contributed by atoms with Crippen molar-refractivity contribution in [2.24, 2.45) is 0 Å². The van der Waals surface area contributed by atoms with E-state index in [0.29, 0.717) is 11.9 Å². The number of hydrogen-bond donors (Lipinski definition) is 2. The predicted molar refractivity (Wildman–Crippen MR) is 69.7 cm³/mol. The number of aromatic amines is 1. The molecule has 18 heavy (non-hydrogen) atoms. The predicted octanol–water partition coefficient (Wildman–Crippen LogP) is 2.88. The van der Waals surface area contributed by atoms with Crippen LogP contribution >= 0.6 is 0 Å². The molecule has 0 saturated carbocycles. The second kappa shape index (κ2) is 4.14. The molecule has 0 aliphatic carbocycles. The molecule has 2 aromatic carbocycles. The van der Waals surface area contributed by atoms with Crippen LogP contribution in [-0.2, 0) is 6.42 Å². The Kier molecular flexibility index (Phi) is 2.48. The fourth-order valence-electron chi connectivity index (χ4n) is 2.01. The van der Waals surface area contributed by atoms with Crippen molar-refractivity contribution < 1.29 is 4.39 Å². The SMILES string of the molecule is Nc1cccc(Cc2nc3ccc(F)cc3[nH]2)c1. The molecule has 0 atom stereocenters. The van der Waals surface area contributed by atoms with Gasteiger partial charge in [0.15, 0.2) is 0 Å². The molecule has 90 valence electrons. The molecule has 0 fully saturated rings. The number of hydrogen-bond acceptors (Lipinski definition) is 2. The van der Waals surface area contributed by atoms with Gasteiger partial charge in [-0.1, -0.05) is 12.1 Å². The fraction of sp³-hybridized carbons (Fsp3) is 0.0714. The Labute approximate surface area is 103 Å². The first kappa shape index (κ1) is 10.8. The lowest BCUT2D eigenvalue weighted by atomic mass is 10.1. The summed E-state index contributed by atoms with van der Waals surface area (Å²) in [4.78, 5) is 7.53. The van der Waals surface area contributed by atoms with Crippen molar-refractivity contribution in [2.75, 3.05) is 5.73 Å². The molecular formula is C14H12FN3. The number of halogens is 1. The first-order valence-corrected chi connectivity index (χ1v) is 5.69. The molecule has 0 spiro atoms. The Hall–Kier alpha value is -2.36.